The number of aliphatic hydroxyl groups excluding tert-OH is 2. The summed E-state index contributed by atoms with van der Waals surface area (Å²) in [7, 11) is 0. The maximum Gasteiger partial charge on any atom is 0.303 e. The molecule has 0 amide bonds. The van der Waals surface area contributed by atoms with Crippen LogP contribution in [-0.4, -0.2) is 52.0 Å². The molecule has 1 saturated heterocycles. The average molecular weight is 489 g/mol. The van der Waals surface area contributed by atoms with Gasteiger partial charge in [0.25, 0.3) is 0 Å². The van der Waals surface area contributed by atoms with Crippen LogP contribution < -0.4 is 4.74 Å². The van der Waals surface area contributed by atoms with Gasteiger partial charge >= 0.3 is 5.97 Å². The number of phenolic OH excluding ortho intramolecular Hbond substituents is 1. The third kappa shape index (κ3) is 4.58. The van der Waals surface area contributed by atoms with E-state index in [1.165, 1.54) is 23.6 Å². The molecule has 1 aromatic rings. The molecule has 3 N–H and O–H groups in total. The van der Waals surface area contributed by atoms with Gasteiger partial charge in [0.05, 0.1) is 6.10 Å². The number of benzene rings is 1. The van der Waals surface area contributed by atoms with Gasteiger partial charge in [-0.15, -0.1) is 0 Å². The number of allylic oxidation sites excluding steroid dienone is 2. The molecule has 9 atom stereocenters. The third-order valence-corrected chi connectivity index (χ3v) is 8.10. The Bertz CT molecular complexity index is 1010. The van der Waals surface area contributed by atoms with E-state index >= 15 is 0 Å². The molecule has 1 fully saturated rings. The second kappa shape index (κ2) is 9.75. The van der Waals surface area contributed by atoms with Gasteiger partial charge in [-0.05, 0) is 81.4 Å². The van der Waals surface area contributed by atoms with Crippen molar-refractivity contribution in [1.82, 2.24) is 0 Å². The lowest BCUT2D eigenvalue weighted by atomic mass is 9.62. The number of rotatable bonds is 4. The summed E-state index contributed by atoms with van der Waals surface area (Å²) in [4.78, 5) is 11.4. The first-order valence-corrected chi connectivity index (χ1v) is 12.8. The summed E-state index contributed by atoms with van der Waals surface area (Å²) in [5.74, 6) is 1.10. The maximum atomic E-state index is 11.4. The number of aliphatic hydroxyl groups is 2. The van der Waals surface area contributed by atoms with Crippen LogP contribution in [0, 0.1) is 12.8 Å². The molecule has 0 aromatic heterocycles. The number of esters is 1. The minimum atomic E-state index is -1.45. The lowest BCUT2D eigenvalue weighted by Gasteiger charge is -2.45. The van der Waals surface area contributed by atoms with Gasteiger partial charge < -0.3 is 29.5 Å². The number of hydrogen-bond acceptors (Lipinski definition) is 7. The molecule has 2 aliphatic carbocycles. The molecular formula is C28H40O7. The summed E-state index contributed by atoms with van der Waals surface area (Å²) in [6.45, 7) is 13.5. The number of ether oxygens (including phenoxy) is 3. The van der Waals surface area contributed by atoms with Crippen molar-refractivity contribution < 1.29 is 34.3 Å². The lowest BCUT2D eigenvalue weighted by molar-refractivity contribution is -0.272. The standard InChI is InChI=1S/C28H40O7/c1-12(2)10-18-11-14(4)19-9-8-13(3)20-22(19)21(18)15(5)23(30)27(20)35-28-25(32)24(31)26(16(6)33-28)34-17(7)29/h10,13-14,16,18-19,24-26,28,30-32H,8-9,11H2,1-7H3/t13-,14-,16-,18+,19+,24-,25-,26+,28-/m0/s1. The zero-order chi connectivity index (χ0) is 25.8. The van der Waals surface area contributed by atoms with Crippen LogP contribution in [-0.2, 0) is 14.3 Å². The van der Waals surface area contributed by atoms with Gasteiger partial charge in [-0.1, -0.05) is 25.5 Å². The van der Waals surface area contributed by atoms with E-state index in [1.54, 1.807) is 6.92 Å². The Hall–Kier alpha value is -2.09. The van der Waals surface area contributed by atoms with Crippen molar-refractivity contribution in [3.63, 3.8) is 0 Å². The van der Waals surface area contributed by atoms with Crippen molar-refractivity contribution in [2.45, 2.75) is 116 Å². The molecule has 4 rings (SSSR count). The number of phenols is 1. The fourth-order valence-corrected chi connectivity index (χ4v) is 6.48. The van der Waals surface area contributed by atoms with Crippen LogP contribution in [0.2, 0.25) is 0 Å². The number of aromatic hydroxyl groups is 1. The fraction of sp³-hybridized carbons (Fsp3) is 0.679. The normalized spacial score (nSPS) is 36.2. The lowest BCUT2D eigenvalue weighted by Crippen LogP contribution is -2.59. The van der Waals surface area contributed by atoms with E-state index in [9.17, 15) is 20.1 Å². The third-order valence-electron chi connectivity index (χ3n) is 8.10. The summed E-state index contributed by atoms with van der Waals surface area (Å²) in [6, 6.07) is 0. The molecule has 0 radical (unpaired) electrons. The summed E-state index contributed by atoms with van der Waals surface area (Å²) in [6.07, 6.45) is -0.333. The molecule has 3 aliphatic rings. The van der Waals surface area contributed by atoms with Crippen molar-refractivity contribution in [3.8, 4) is 11.5 Å². The summed E-state index contributed by atoms with van der Waals surface area (Å²) < 4.78 is 17.3. The second-order valence-corrected chi connectivity index (χ2v) is 11.1. The predicted octanol–water partition coefficient (Wildman–Crippen LogP) is 4.55. The van der Waals surface area contributed by atoms with Gasteiger partial charge in [-0.25, -0.2) is 0 Å². The minimum absolute atomic E-state index is 0.0630. The van der Waals surface area contributed by atoms with Gasteiger partial charge in [-0.2, -0.15) is 0 Å². The van der Waals surface area contributed by atoms with E-state index in [-0.39, 0.29) is 17.6 Å². The summed E-state index contributed by atoms with van der Waals surface area (Å²) >= 11 is 0. The molecule has 0 spiro atoms. The van der Waals surface area contributed by atoms with Gasteiger partial charge in [0.15, 0.2) is 17.6 Å². The second-order valence-electron chi connectivity index (χ2n) is 11.1. The zero-order valence-corrected chi connectivity index (χ0v) is 21.9. The average Bonchev–Trinajstić information content (AvgIpc) is 2.76. The molecule has 7 heteroatoms. The SMILES string of the molecule is CC(=O)O[C@H]1[C@@H](O)[C@H](O)[C@H](Oc2c(O)c(C)c3c4c2[C@@H](C)CC[C@@H]4[C@@H](C)C[C@H]3C=C(C)C)O[C@H]1C. The Balaban J connectivity index is 1.79. The molecule has 0 bridgehead atoms. The molecule has 0 saturated carbocycles. The molecule has 7 nitrogen and oxygen atoms in total. The molecular weight excluding hydrogens is 448 g/mol. The fourth-order valence-electron chi connectivity index (χ4n) is 6.48. The van der Waals surface area contributed by atoms with Crippen molar-refractivity contribution in [2.75, 3.05) is 0 Å². The topological polar surface area (TPSA) is 105 Å². The number of carbonyl (C=O) groups excluding carboxylic acids is 1. The van der Waals surface area contributed by atoms with Gasteiger partial charge in [0, 0.05) is 18.4 Å². The van der Waals surface area contributed by atoms with Gasteiger partial charge in [-0.3, -0.25) is 4.79 Å². The van der Waals surface area contributed by atoms with Crippen LogP contribution in [0.5, 0.6) is 11.5 Å². The van der Waals surface area contributed by atoms with Crippen LogP contribution in [0.25, 0.3) is 0 Å². The number of carbonyl (C=O) groups is 1. The highest BCUT2D eigenvalue weighted by Crippen LogP contribution is 2.58. The van der Waals surface area contributed by atoms with E-state index in [2.05, 4.69) is 33.8 Å². The largest absolute Gasteiger partial charge is 0.504 e. The minimum Gasteiger partial charge on any atom is -0.504 e. The van der Waals surface area contributed by atoms with E-state index in [4.69, 9.17) is 14.2 Å². The van der Waals surface area contributed by atoms with E-state index in [0.29, 0.717) is 17.6 Å². The van der Waals surface area contributed by atoms with Crippen LogP contribution in [0.4, 0.5) is 0 Å². The molecule has 0 unspecified atom stereocenters. The summed E-state index contributed by atoms with van der Waals surface area (Å²) in [5, 5.41) is 32.9. The Morgan fingerprint density at radius 3 is 2.34 bits per heavy atom. The molecule has 35 heavy (non-hydrogen) atoms. The van der Waals surface area contributed by atoms with E-state index < -0.39 is 36.7 Å². The smallest absolute Gasteiger partial charge is 0.303 e. The first kappa shape index (κ1) is 26.0. The van der Waals surface area contributed by atoms with Crippen LogP contribution in [0.15, 0.2) is 11.6 Å². The Labute approximate surface area is 208 Å². The highest BCUT2D eigenvalue weighted by molar-refractivity contribution is 5.66. The maximum absolute atomic E-state index is 11.4. The monoisotopic (exact) mass is 488 g/mol. The number of hydrogen-bond donors (Lipinski definition) is 3. The van der Waals surface area contributed by atoms with E-state index in [1.807, 2.05) is 6.92 Å². The van der Waals surface area contributed by atoms with Crippen LogP contribution in [0.3, 0.4) is 0 Å². The van der Waals surface area contributed by atoms with Crippen molar-refractivity contribution in [2.24, 2.45) is 5.92 Å². The van der Waals surface area contributed by atoms with Gasteiger partial charge in [0.2, 0.25) is 6.29 Å². The van der Waals surface area contributed by atoms with Gasteiger partial charge in [0.1, 0.15) is 12.2 Å². The Kier molecular flexibility index (Phi) is 7.24. The Morgan fingerprint density at radius 1 is 1.03 bits per heavy atom. The highest BCUT2D eigenvalue weighted by atomic mass is 16.7. The van der Waals surface area contributed by atoms with Crippen molar-refractivity contribution in [3.05, 3.63) is 33.9 Å². The molecule has 1 aromatic carbocycles. The zero-order valence-electron chi connectivity index (χ0n) is 21.9. The first-order valence-electron chi connectivity index (χ1n) is 12.8. The first-order chi connectivity index (χ1) is 16.4. The van der Waals surface area contributed by atoms with Crippen LogP contribution in [0.1, 0.15) is 101 Å². The van der Waals surface area contributed by atoms with Crippen molar-refractivity contribution >= 4 is 5.97 Å². The van der Waals surface area contributed by atoms with Crippen molar-refractivity contribution in [1.29, 1.82) is 0 Å². The Morgan fingerprint density at radius 2 is 1.71 bits per heavy atom. The quantitative estimate of drug-likeness (QED) is 0.422. The van der Waals surface area contributed by atoms with Crippen LogP contribution >= 0.6 is 0 Å². The molecule has 194 valence electrons. The highest BCUT2D eigenvalue weighted by Gasteiger charge is 2.47. The molecule has 1 aliphatic heterocycles. The van der Waals surface area contributed by atoms with E-state index in [0.717, 1.165) is 30.4 Å². The summed E-state index contributed by atoms with van der Waals surface area (Å²) in [5.41, 5.74) is 5.50. The molecule has 1 heterocycles. The predicted molar refractivity (Wildman–Crippen MR) is 132 cm³/mol.